The van der Waals surface area contributed by atoms with Gasteiger partial charge in [0.15, 0.2) is 0 Å². The molecule has 5 nitrogen and oxygen atoms in total. The number of pyridine rings is 1. The molecule has 1 aromatic carbocycles. The Morgan fingerprint density at radius 1 is 1.08 bits per heavy atom. The highest BCUT2D eigenvalue weighted by molar-refractivity contribution is 5.76. The minimum Gasteiger partial charge on any atom is -0.341 e. The summed E-state index contributed by atoms with van der Waals surface area (Å²) in [7, 11) is 1.83. The number of rotatable bonds is 6. The van der Waals surface area contributed by atoms with Gasteiger partial charge >= 0.3 is 0 Å². The van der Waals surface area contributed by atoms with Crippen molar-refractivity contribution in [2.75, 3.05) is 7.05 Å². The quantitative estimate of drug-likeness (QED) is 0.702. The van der Waals surface area contributed by atoms with Crippen LogP contribution in [-0.2, 0) is 17.8 Å². The molecule has 0 saturated heterocycles. The summed E-state index contributed by atoms with van der Waals surface area (Å²) in [5.74, 6) is 0.124. The van der Waals surface area contributed by atoms with Gasteiger partial charge in [0.2, 0.25) is 5.91 Å². The normalized spacial score (nSPS) is 10.5. The van der Waals surface area contributed by atoms with Gasteiger partial charge in [-0.1, -0.05) is 18.2 Å². The molecule has 5 heteroatoms. The molecule has 0 aliphatic carbocycles. The number of aryl methyl sites for hydroxylation is 1. The number of carbonyl (C=O) groups excluding carboxylic acids is 1. The molecule has 3 aromatic rings. The van der Waals surface area contributed by atoms with Gasteiger partial charge in [-0.3, -0.25) is 9.78 Å². The summed E-state index contributed by atoms with van der Waals surface area (Å²) in [5.41, 5.74) is 3.15. The van der Waals surface area contributed by atoms with E-state index in [-0.39, 0.29) is 5.91 Å². The first-order chi connectivity index (χ1) is 11.7. The van der Waals surface area contributed by atoms with E-state index in [1.54, 1.807) is 23.5 Å². The van der Waals surface area contributed by atoms with Crippen molar-refractivity contribution in [3.05, 3.63) is 78.4 Å². The summed E-state index contributed by atoms with van der Waals surface area (Å²) >= 11 is 0. The lowest BCUT2D eigenvalue weighted by Gasteiger charge is -2.16. The van der Waals surface area contributed by atoms with E-state index in [0.717, 1.165) is 23.2 Å². The molecule has 0 atom stereocenters. The third-order valence-electron chi connectivity index (χ3n) is 3.88. The number of hydrogen-bond donors (Lipinski definition) is 0. The summed E-state index contributed by atoms with van der Waals surface area (Å²) < 4.78 is 1.82. The minimum atomic E-state index is 0.124. The van der Waals surface area contributed by atoms with Crippen LogP contribution in [0.1, 0.15) is 17.5 Å². The van der Waals surface area contributed by atoms with Crippen molar-refractivity contribution >= 4 is 5.91 Å². The van der Waals surface area contributed by atoms with Gasteiger partial charge in [0.25, 0.3) is 0 Å². The van der Waals surface area contributed by atoms with E-state index in [2.05, 4.69) is 10.1 Å². The van der Waals surface area contributed by atoms with Crippen LogP contribution in [0.5, 0.6) is 0 Å². The number of aromatic nitrogens is 3. The van der Waals surface area contributed by atoms with E-state index in [1.807, 2.05) is 60.4 Å². The zero-order chi connectivity index (χ0) is 16.8. The lowest BCUT2D eigenvalue weighted by atomic mass is 10.1. The van der Waals surface area contributed by atoms with Crippen LogP contribution in [0.2, 0.25) is 0 Å². The van der Waals surface area contributed by atoms with Gasteiger partial charge in [-0.05, 0) is 36.2 Å². The van der Waals surface area contributed by atoms with Gasteiger partial charge < -0.3 is 4.90 Å². The molecule has 122 valence electrons. The minimum absolute atomic E-state index is 0.124. The van der Waals surface area contributed by atoms with Crippen molar-refractivity contribution in [3.8, 4) is 5.69 Å². The Kier molecular flexibility index (Phi) is 5.01. The molecule has 0 bridgehead atoms. The van der Waals surface area contributed by atoms with E-state index in [0.29, 0.717) is 13.0 Å². The van der Waals surface area contributed by atoms with E-state index in [4.69, 9.17) is 0 Å². The van der Waals surface area contributed by atoms with Crippen LogP contribution in [0.25, 0.3) is 5.69 Å². The first-order valence-corrected chi connectivity index (χ1v) is 7.94. The monoisotopic (exact) mass is 320 g/mol. The fourth-order valence-corrected chi connectivity index (χ4v) is 2.52. The standard InChI is InChI=1S/C19H20N4O/c1-22(19(24)8-7-16-9-11-20-12-10-16)14-17-13-21-23(15-17)18-5-3-2-4-6-18/h2-6,9-13,15H,7-8,14H2,1H3. The first kappa shape index (κ1) is 15.9. The van der Waals surface area contributed by atoms with Crippen LogP contribution in [0.3, 0.4) is 0 Å². The summed E-state index contributed by atoms with van der Waals surface area (Å²) in [5, 5.41) is 4.36. The molecule has 2 heterocycles. The molecule has 0 spiro atoms. The summed E-state index contributed by atoms with van der Waals surface area (Å²) in [4.78, 5) is 18.0. The maximum absolute atomic E-state index is 12.3. The third-order valence-corrected chi connectivity index (χ3v) is 3.88. The molecule has 0 fully saturated rings. The second-order valence-corrected chi connectivity index (χ2v) is 5.73. The van der Waals surface area contributed by atoms with Gasteiger partial charge in [0.05, 0.1) is 11.9 Å². The smallest absolute Gasteiger partial charge is 0.222 e. The van der Waals surface area contributed by atoms with Crippen LogP contribution in [-0.4, -0.2) is 32.6 Å². The molecule has 0 aliphatic heterocycles. The van der Waals surface area contributed by atoms with Crippen LogP contribution < -0.4 is 0 Å². The molecule has 2 aromatic heterocycles. The van der Waals surface area contributed by atoms with Crippen LogP contribution in [0.15, 0.2) is 67.3 Å². The fraction of sp³-hybridized carbons (Fsp3) is 0.211. The first-order valence-electron chi connectivity index (χ1n) is 7.94. The van der Waals surface area contributed by atoms with E-state index < -0.39 is 0 Å². The molecule has 0 aliphatic rings. The van der Waals surface area contributed by atoms with E-state index in [9.17, 15) is 4.79 Å². The van der Waals surface area contributed by atoms with E-state index in [1.165, 1.54) is 0 Å². The maximum atomic E-state index is 12.3. The molecule has 1 amide bonds. The molecular formula is C19H20N4O. The van der Waals surface area contributed by atoms with Gasteiger partial charge in [0.1, 0.15) is 0 Å². The van der Waals surface area contributed by atoms with Crippen LogP contribution in [0.4, 0.5) is 0 Å². The Balaban J connectivity index is 1.55. The Morgan fingerprint density at radius 2 is 1.83 bits per heavy atom. The molecule has 0 radical (unpaired) electrons. The number of hydrogen-bond acceptors (Lipinski definition) is 3. The number of carbonyl (C=O) groups is 1. The lowest BCUT2D eigenvalue weighted by molar-refractivity contribution is -0.130. The van der Waals surface area contributed by atoms with Gasteiger partial charge in [-0.25, -0.2) is 4.68 Å². The number of amides is 1. The van der Waals surface area contributed by atoms with Gasteiger partial charge in [0, 0.05) is 44.2 Å². The van der Waals surface area contributed by atoms with Crippen LogP contribution >= 0.6 is 0 Å². The van der Waals surface area contributed by atoms with Crippen molar-refractivity contribution in [2.45, 2.75) is 19.4 Å². The predicted octanol–water partition coefficient (Wildman–Crippen LogP) is 2.86. The zero-order valence-corrected chi connectivity index (χ0v) is 13.7. The SMILES string of the molecule is CN(Cc1cnn(-c2ccccc2)c1)C(=O)CCc1ccncc1. The summed E-state index contributed by atoms with van der Waals surface area (Å²) in [6.07, 6.45) is 8.49. The summed E-state index contributed by atoms with van der Waals surface area (Å²) in [6.45, 7) is 0.558. The number of para-hydroxylation sites is 1. The second kappa shape index (κ2) is 7.55. The molecule has 0 saturated carbocycles. The maximum Gasteiger partial charge on any atom is 0.222 e. The highest BCUT2D eigenvalue weighted by atomic mass is 16.2. The van der Waals surface area contributed by atoms with Crippen molar-refractivity contribution in [3.63, 3.8) is 0 Å². The molecule has 24 heavy (non-hydrogen) atoms. The molecule has 0 N–H and O–H groups in total. The Labute approximate surface area is 141 Å². The number of benzene rings is 1. The van der Waals surface area contributed by atoms with E-state index >= 15 is 0 Å². The second-order valence-electron chi connectivity index (χ2n) is 5.73. The Bertz CT molecular complexity index is 783. The average Bonchev–Trinajstić information content (AvgIpc) is 3.10. The largest absolute Gasteiger partial charge is 0.341 e. The molecule has 3 rings (SSSR count). The molecular weight excluding hydrogens is 300 g/mol. The summed E-state index contributed by atoms with van der Waals surface area (Å²) in [6, 6.07) is 13.8. The topological polar surface area (TPSA) is 51.0 Å². The predicted molar refractivity (Wildman–Crippen MR) is 92.6 cm³/mol. The molecule has 0 unspecified atom stereocenters. The van der Waals surface area contributed by atoms with Gasteiger partial charge in [-0.15, -0.1) is 0 Å². The lowest BCUT2D eigenvalue weighted by Crippen LogP contribution is -2.26. The van der Waals surface area contributed by atoms with Gasteiger partial charge in [-0.2, -0.15) is 5.10 Å². The highest BCUT2D eigenvalue weighted by Gasteiger charge is 2.11. The zero-order valence-electron chi connectivity index (χ0n) is 13.7. The van der Waals surface area contributed by atoms with Crippen LogP contribution in [0, 0.1) is 0 Å². The number of nitrogens with zero attached hydrogens (tertiary/aromatic N) is 4. The Hall–Kier alpha value is -2.95. The van der Waals surface area contributed by atoms with Crippen molar-refractivity contribution in [1.29, 1.82) is 0 Å². The fourth-order valence-electron chi connectivity index (χ4n) is 2.52. The highest BCUT2D eigenvalue weighted by Crippen LogP contribution is 2.10. The average molecular weight is 320 g/mol. The Morgan fingerprint density at radius 3 is 2.58 bits per heavy atom. The van der Waals surface area contributed by atoms with Crippen molar-refractivity contribution in [1.82, 2.24) is 19.7 Å². The van der Waals surface area contributed by atoms with Crippen molar-refractivity contribution in [2.24, 2.45) is 0 Å². The third kappa shape index (κ3) is 4.07. The van der Waals surface area contributed by atoms with Crippen molar-refractivity contribution < 1.29 is 4.79 Å².